The molecule has 2 heteroatoms. The summed E-state index contributed by atoms with van der Waals surface area (Å²) in [5.74, 6) is 1.62. The predicted octanol–water partition coefficient (Wildman–Crippen LogP) is 4.17. The monoisotopic (exact) mass is 249 g/mol. The van der Waals surface area contributed by atoms with E-state index in [4.69, 9.17) is 4.74 Å². The van der Waals surface area contributed by atoms with Gasteiger partial charge in [-0.2, -0.15) is 0 Å². The van der Waals surface area contributed by atoms with Gasteiger partial charge in [0.1, 0.15) is 5.75 Å². The highest BCUT2D eigenvalue weighted by atomic mass is 16.5. The first-order valence-electron chi connectivity index (χ1n) is 7.12. The van der Waals surface area contributed by atoms with Crippen LogP contribution >= 0.6 is 0 Å². The Labute approximate surface area is 112 Å². The first-order valence-corrected chi connectivity index (χ1v) is 7.12. The van der Waals surface area contributed by atoms with Crippen LogP contribution in [0.3, 0.4) is 0 Å². The molecule has 2 unspecified atom stereocenters. The molecule has 0 aromatic heterocycles. The second-order valence-corrected chi connectivity index (χ2v) is 4.95. The van der Waals surface area contributed by atoms with Crippen LogP contribution in [-0.2, 0) is 0 Å². The molecule has 1 N–H and O–H groups in total. The molecule has 1 aromatic carbocycles. The smallest absolute Gasteiger partial charge is 0.119 e. The van der Waals surface area contributed by atoms with Gasteiger partial charge < -0.3 is 10.1 Å². The van der Waals surface area contributed by atoms with Crippen LogP contribution < -0.4 is 10.1 Å². The zero-order valence-corrected chi connectivity index (χ0v) is 12.2. The maximum atomic E-state index is 5.70. The molecule has 0 fully saturated rings. The summed E-state index contributed by atoms with van der Waals surface area (Å²) in [5, 5.41) is 3.43. The molecule has 0 aliphatic heterocycles. The average molecular weight is 249 g/mol. The Bertz CT molecular complexity index is 338. The lowest BCUT2D eigenvalue weighted by molar-refractivity contribution is 0.315. The van der Waals surface area contributed by atoms with Gasteiger partial charge in [0.15, 0.2) is 0 Å². The fourth-order valence-corrected chi connectivity index (χ4v) is 2.42. The normalized spacial score (nSPS) is 14.2. The standard InChI is InChI=1S/C16H27NO/c1-5-8-13(3)16(17-4)14-9-7-10-15(12-14)18-11-6-2/h7,9-10,12-13,16-17H,5-6,8,11H2,1-4H3. The summed E-state index contributed by atoms with van der Waals surface area (Å²) >= 11 is 0. The summed E-state index contributed by atoms with van der Waals surface area (Å²) in [6.07, 6.45) is 3.52. The van der Waals surface area contributed by atoms with Gasteiger partial charge in [-0.05, 0) is 43.5 Å². The Hall–Kier alpha value is -1.02. The SMILES string of the molecule is CCCOc1cccc(C(NC)C(C)CCC)c1. The Morgan fingerprint density at radius 3 is 2.61 bits per heavy atom. The van der Waals surface area contributed by atoms with Gasteiger partial charge in [0.25, 0.3) is 0 Å². The molecule has 0 saturated carbocycles. The number of ether oxygens (including phenoxy) is 1. The molecule has 1 rings (SSSR count). The Morgan fingerprint density at radius 1 is 1.22 bits per heavy atom. The third-order valence-electron chi connectivity index (χ3n) is 3.31. The van der Waals surface area contributed by atoms with Crippen LogP contribution in [0.15, 0.2) is 24.3 Å². The average Bonchev–Trinajstić information content (AvgIpc) is 2.38. The van der Waals surface area contributed by atoms with Crippen molar-refractivity contribution in [3.05, 3.63) is 29.8 Å². The van der Waals surface area contributed by atoms with Crippen molar-refractivity contribution < 1.29 is 4.74 Å². The lowest BCUT2D eigenvalue weighted by atomic mass is 9.91. The Kier molecular flexibility index (Phi) is 6.81. The van der Waals surface area contributed by atoms with Crippen molar-refractivity contribution in [3.8, 4) is 5.75 Å². The maximum Gasteiger partial charge on any atom is 0.119 e. The number of hydrogen-bond donors (Lipinski definition) is 1. The van der Waals surface area contributed by atoms with E-state index < -0.39 is 0 Å². The lowest BCUT2D eigenvalue weighted by Gasteiger charge is -2.24. The summed E-state index contributed by atoms with van der Waals surface area (Å²) in [4.78, 5) is 0. The molecule has 1 aromatic rings. The molecule has 2 nitrogen and oxygen atoms in total. The summed E-state index contributed by atoms with van der Waals surface area (Å²) in [6, 6.07) is 8.89. The van der Waals surface area contributed by atoms with E-state index in [0.717, 1.165) is 18.8 Å². The van der Waals surface area contributed by atoms with Gasteiger partial charge in [-0.15, -0.1) is 0 Å². The predicted molar refractivity (Wildman–Crippen MR) is 78.1 cm³/mol. The first kappa shape index (κ1) is 15.0. The van der Waals surface area contributed by atoms with Gasteiger partial charge in [0.2, 0.25) is 0 Å². The lowest BCUT2D eigenvalue weighted by Crippen LogP contribution is -2.23. The summed E-state index contributed by atoms with van der Waals surface area (Å²) in [5.41, 5.74) is 1.33. The number of rotatable bonds is 8. The minimum atomic E-state index is 0.412. The van der Waals surface area contributed by atoms with Crippen molar-refractivity contribution in [2.24, 2.45) is 5.92 Å². The second-order valence-electron chi connectivity index (χ2n) is 4.95. The summed E-state index contributed by atoms with van der Waals surface area (Å²) < 4.78 is 5.70. The molecule has 102 valence electrons. The van der Waals surface area contributed by atoms with Crippen LogP contribution in [-0.4, -0.2) is 13.7 Å². The van der Waals surface area contributed by atoms with Gasteiger partial charge in [-0.1, -0.05) is 39.3 Å². The van der Waals surface area contributed by atoms with E-state index in [1.54, 1.807) is 0 Å². The molecule has 0 aliphatic carbocycles. The fraction of sp³-hybridized carbons (Fsp3) is 0.625. The number of nitrogens with one attached hydrogen (secondary N) is 1. The number of hydrogen-bond acceptors (Lipinski definition) is 2. The molecule has 18 heavy (non-hydrogen) atoms. The van der Waals surface area contributed by atoms with E-state index in [1.165, 1.54) is 18.4 Å². The van der Waals surface area contributed by atoms with Crippen molar-refractivity contribution >= 4 is 0 Å². The van der Waals surface area contributed by atoms with Crippen LogP contribution in [0.2, 0.25) is 0 Å². The number of benzene rings is 1. The fourth-order valence-electron chi connectivity index (χ4n) is 2.42. The molecule has 0 amide bonds. The highest BCUT2D eigenvalue weighted by Gasteiger charge is 2.17. The Morgan fingerprint density at radius 2 is 2.00 bits per heavy atom. The molecule has 2 atom stereocenters. The maximum absolute atomic E-state index is 5.70. The van der Waals surface area contributed by atoms with Crippen LogP contribution in [0.25, 0.3) is 0 Å². The van der Waals surface area contributed by atoms with Crippen molar-refractivity contribution in [3.63, 3.8) is 0 Å². The molecule has 0 aliphatic rings. The van der Waals surface area contributed by atoms with Gasteiger partial charge >= 0.3 is 0 Å². The van der Waals surface area contributed by atoms with Gasteiger partial charge in [-0.3, -0.25) is 0 Å². The van der Waals surface area contributed by atoms with Gasteiger partial charge in [0, 0.05) is 6.04 Å². The van der Waals surface area contributed by atoms with E-state index in [-0.39, 0.29) is 0 Å². The second kappa shape index (κ2) is 8.15. The minimum Gasteiger partial charge on any atom is -0.494 e. The highest BCUT2D eigenvalue weighted by Crippen LogP contribution is 2.27. The van der Waals surface area contributed by atoms with E-state index >= 15 is 0 Å². The van der Waals surface area contributed by atoms with Crippen LogP contribution in [0.1, 0.15) is 51.6 Å². The topological polar surface area (TPSA) is 21.3 Å². The van der Waals surface area contributed by atoms with Crippen molar-refractivity contribution in [1.29, 1.82) is 0 Å². The van der Waals surface area contributed by atoms with E-state index in [9.17, 15) is 0 Å². The first-order chi connectivity index (χ1) is 8.72. The molecule has 0 spiro atoms. The van der Waals surface area contributed by atoms with E-state index in [2.05, 4.69) is 44.3 Å². The highest BCUT2D eigenvalue weighted by molar-refractivity contribution is 5.31. The van der Waals surface area contributed by atoms with Crippen LogP contribution in [0, 0.1) is 5.92 Å². The quantitative estimate of drug-likeness (QED) is 0.746. The molecule has 0 bridgehead atoms. The molecular weight excluding hydrogens is 222 g/mol. The zero-order valence-electron chi connectivity index (χ0n) is 12.2. The molecule has 0 saturated heterocycles. The van der Waals surface area contributed by atoms with E-state index in [0.29, 0.717) is 12.0 Å². The minimum absolute atomic E-state index is 0.412. The molecule has 0 heterocycles. The molecular formula is C16H27NO. The summed E-state index contributed by atoms with van der Waals surface area (Å²) in [7, 11) is 2.04. The Balaban J connectivity index is 2.78. The van der Waals surface area contributed by atoms with Gasteiger partial charge in [0.05, 0.1) is 6.61 Å². The van der Waals surface area contributed by atoms with Crippen LogP contribution in [0.4, 0.5) is 0 Å². The van der Waals surface area contributed by atoms with Crippen molar-refractivity contribution in [1.82, 2.24) is 5.32 Å². The van der Waals surface area contributed by atoms with E-state index in [1.807, 2.05) is 13.1 Å². The zero-order chi connectivity index (χ0) is 13.4. The van der Waals surface area contributed by atoms with Gasteiger partial charge in [-0.25, -0.2) is 0 Å². The third kappa shape index (κ3) is 4.34. The van der Waals surface area contributed by atoms with Crippen LogP contribution in [0.5, 0.6) is 5.75 Å². The third-order valence-corrected chi connectivity index (χ3v) is 3.31. The summed E-state index contributed by atoms with van der Waals surface area (Å²) in [6.45, 7) is 7.47. The van der Waals surface area contributed by atoms with Crippen molar-refractivity contribution in [2.75, 3.05) is 13.7 Å². The van der Waals surface area contributed by atoms with Crippen molar-refractivity contribution in [2.45, 2.75) is 46.1 Å². The molecule has 0 radical (unpaired) electrons. The largest absolute Gasteiger partial charge is 0.494 e.